The number of carbonyl (C=O) groups is 1. The summed E-state index contributed by atoms with van der Waals surface area (Å²) in [6.45, 7) is 2.19. The molecule has 3 aromatic rings. The Morgan fingerprint density at radius 1 is 1.35 bits per heavy atom. The predicted molar refractivity (Wildman–Crippen MR) is 87.3 cm³/mol. The molecule has 0 atom stereocenters. The van der Waals surface area contributed by atoms with E-state index in [2.05, 4.69) is 25.5 Å². The maximum atomic E-state index is 11.9. The third kappa shape index (κ3) is 3.98. The van der Waals surface area contributed by atoms with E-state index in [1.54, 1.807) is 6.20 Å². The number of nitrogens with one attached hydrogen (secondary N) is 2. The number of hydrogen-bond acceptors (Lipinski definition) is 5. The zero-order chi connectivity index (χ0) is 16.1. The quantitative estimate of drug-likeness (QED) is 0.673. The normalized spacial score (nSPS) is 10.7. The van der Waals surface area contributed by atoms with Crippen LogP contribution >= 0.6 is 11.8 Å². The fourth-order valence-electron chi connectivity index (χ4n) is 2.03. The minimum atomic E-state index is -0.0833. The Morgan fingerprint density at radius 2 is 2.17 bits per heavy atom. The number of aryl methyl sites for hydroxylation is 1. The van der Waals surface area contributed by atoms with Gasteiger partial charge in [0.2, 0.25) is 11.1 Å². The van der Waals surface area contributed by atoms with Gasteiger partial charge in [-0.15, -0.1) is 5.10 Å². The lowest BCUT2D eigenvalue weighted by Gasteiger charge is -2.08. The summed E-state index contributed by atoms with van der Waals surface area (Å²) in [5, 5.41) is 10.2. The van der Waals surface area contributed by atoms with Crippen LogP contribution in [-0.2, 0) is 11.3 Å². The number of H-pyrrole nitrogens is 1. The average Bonchev–Trinajstić information content (AvgIpc) is 3.20. The molecule has 0 aliphatic rings. The third-order valence-electron chi connectivity index (χ3n) is 3.10. The second-order valence-corrected chi connectivity index (χ2v) is 5.76. The van der Waals surface area contributed by atoms with Gasteiger partial charge in [-0.05, 0) is 19.1 Å². The molecule has 0 saturated carbocycles. The van der Waals surface area contributed by atoms with E-state index in [1.165, 1.54) is 11.8 Å². The van der Waals surface area contributed by atoms with Gasteiger partial charge in [0, 0.05) is 18.1 Å². The predicted octanol–water partition coefficient (Wildman–Crippen LogP) is 1.71. The molecule has 2 aromatic heterocycles. The molecule has 23 heavy (non-hydrogen) atoms. The first-order valence-electron chi connectivity index (χ1n) is 7.08. The van der Waals surface area contributed by atoms with E-state index < -0.39 is 0 Å². The summed E-state index contributed by atoms with van der Waals surface area (Å²) in [7, 11) is 0. The van der Waals surface area contributed by atoms with Gasteiger partial charge in [0.1, 0.15) is 11.6 Å². The molecule has 0 bridgehead atoms. The number of hydrogen-bond donors (Lipinski definition) is 2. The number of imidazole rings is 1. The molecule has 1 amide bonds. The number of carbonyl (C=O) groups excluding carboxylic acids is 1. The van der Waals surface area contributed by atoms with Crippen molar-refractivity contribution >= 4 is 17.7 Å². The lowest BCUT2D eigenvalue weighted by Crippen LogP contribution is -2.26. The van der Waals surface area contributed by atoms with Crippen LogP contribution in [0.25, 0.3) is 5.69 Å². The maximum absolute atomic E-state index is 11.9. The molecule has 1 aromatic carbocycles. The molecule has 0 unspecified atom stereocenters. The molecule has 3 rings (SSSR count). The molecule has 2 N–H and O–H groups in total. The smallest absolute Gasteiger partial charge is 0.230 e. The first kappa shape index (κ1) is 15.3. The number of amides is 1. The number of aromatic nitrogens is 5. The Balaban J connectivity index is 1.54. The summed E-state index contributed by atoms with van der Waals surface area (Å²) in [5.41, 5.74) is 1.01. The molecule has 0 spiro atoms. The van der Waals surface area contributed by atoms with Gasteiger partial charge in [0.05, 0.1) is 12.3 Å². The minimum absolute atomic E-state index is 0.0833. The lowest BCUT2D eigenvalue weighted by atomic mass is 10.3. The van der Waals surface area contributed by atoms with Crippen molar-refractivity contribution in [3.8, 4) is 5.69 Å². The van der Waals surface area contributed by atoms with Crippen molar-refractivity contribution in [2.75, 3.05) is 5.75 Å². The molecule has 7 nitrogen and oxygen atoms in total. The van der Waals surface area contributed by atoms with Gasteiger partial charge >= 0.3 is 0 Å². The van der Waals surface area contributed by atoms with Gasteiger partial charge in [0.25, 0.3) is 0 Å². The van der Waals surface area contributed by atoms with Gasteiger partial charge in [-0.2, -0.15) is 0 Å². The van der Waals surface area contributed by atoms with Crippen molar-refractivity contribution in [2.45, 2.75) is 18.6 Å². The van der Waals surface area contributed by atoms with Crippen molar-refractivity contribution in [1.82, 2.24) is 30.0 Å². The molecule has 2 heterocycles. The maximum Gasteiger partial charge on any atom is 0.230 e. The number of benzene rings is 1. The zero-order valence-corrected chi connectivity index (χ0v) is 13.4. The van der Waals surface area contributed by atoms with E-state index in [0.29, 0.717) is 11.7 Å². The van der Waals surface area contributed by atoms with Crippen LogP contribution in [-0.4, -0.2) is 36.4 Å². The Hall–Kier alpha value is -2.61. The first-order chi connectivity index (χ1) is 11.2. The van der Waals surface area contributed by atoms with Crippen LogP contribution in [0.4, 0.5) is 0 Å². The number of thioether (sulfide) groups is 1. The molecule has 0 aliphatic carbocycles. The highest BCUT2D eigenvalue weighted by atomic mass is 32.2. The molecule has 0 saturated heterocycles. The fraction of sp³-hybridized carbons (Fsp3) is 0.200. The second-order valence-electron chi connectivity index (χ2n) is 4.82. The third-order valence-corrected chi connectivity index (χ3v) is 3.95. The summed E-state index contributed by atoms with van der Waals surface area (Å²) in [6, 6.07) is 9.88. The van der Waals surface area contributed by atoms with Crippen LogP contribution in [0.2, 0.25) is 0 Å². The lowest BCUT2D eigenvalue weighted by molar-refractivity contribution is -0.118. The van der Waals surface area contributed by atoms with E-state index >= 15 is 0 Å². The van der Waals surface area contributed by atoms with Crippen LogP contribution in [0, 0.1) is 6.92 Å². The number of aromatic amines is 1. The van der Waals surface area contributed by atoms with E-state index in [4.69, 9.17) is 0 Å². The highest BCUT2D eigenvalue weighted by molar-refractivity contribution is 7.99. The Kier molecular flexibility index (Phi) is 4.72. The SMILES string of the molecule is Cc1nc(SCC(=O)NCc2nccn2-c2ccccc2)n[nH]1. The Bertz CT molecular complexity index is 782. The monoisotopic (exact) mass is 328 g/mol. The first-order valence-corrected chi connectivity index (χ1v) is 8.07. The van der Waals surface area contributed by atoms with Crippen molar-refractivity contribution < 1.29 is 4.79 Å². The zero-order valence-electron chi connectivity index (χ0n) is 12.6. The van der Waals surface area contributed by atoms with Crippen LogP contribution in [0.3, 0.4) is 0 Å². The topological polar surface area (TPSA) is 88.5 Å². The van der Waals surface area contributed by atoms with Crippen LogP contribution in [0.15, 0.2) is 47.9 Å². The molecule has 118 valence electrons. The molecule has 0 aliphatic heterocycles. The van der Waals surface area contributed by atoms with Gasteiger partial charge in [-0.3, -0.25) is 9.89 Å². The largest absolute Gasteiger partial charge is 0.348 e. The van der Waals surface area contributed by atoms with Gasteiger partial charge in [-0.1, -0.05) is 30.0 Å². The van der Waals surface area contributed by atoms with E-state index in [0.717, 1.165) is 17.3 Å². The van der Waals surface area contributed by atoms with Gasteiger partial charge < -0.3 is 9.88 Å². The molecular formula is C15H16N6OS. The van der Waals surface area contributed by atoms with E-state index in [1.807, 2.05) is 48.0 Å². The van der Waals surface area contributed by atoms with Crippen molar-refractivity contribution in [1.29, 1.82) is 0 Å². The molecule has 0 radical (unpaired) electrons. The highest BCUT2D eigenvalue weighted by Gasteiger charge is 2.09. The van der Waals surface area contributed by atoms with Crippen LogP contribution in [0.1, 0.15) is 11.6 Å². The van der Waals surface area contributed by atoms with E-state index in [9.17, 15) is 4.79 Å². The summed E-state index contributed by atoms with van der Waals surface area (Å²) < 4.78 is 1.95. The van der Waals surface area contributed by atoms with E-state index in [-0.39, 0.29) is 11.7 Å². The summed E-state index contributed by atoms with van der Waals surface area (Å²) in [5.74, 6) is 1.70. The van der Waals surface area contributed by atoms with Gasteiger partial charge in [0.15, 0.2) is 0 Å². The summed E-state index contributed by atoms with van der Waals surface area (Å²) >= 11 is 1.29. The molecule has 0 fully saturated rings. The van der Waals surface area contributed by atoms with Crippen molar-refractivity contribution in [2.24, 2.45) is 0 Å². The molecule has 8 heteroatoms. The second kappa shape index (κ2) is 7.10. The van der Waals surface area contributed by atoms with Gasteiger partial charge in [-0.25, -0.2) is 9.97 Å². The van der Waals surface area contributed by atoms with Crippen LogP contribution < -0.4 is 5.32 Å². The summed E-state index contributed by atoms with van der Waals surface area (Å²) in [4.78, 5) is 20.4. The molecular weight excluding hydrogens is 312 g/mol. The number of rotatable bonds is 6. The summed E-state index contributed by atoms with van der Waals surface area (Å²) in [6.07, 6.45) is 3.60. The standard InChI is InChI=1S/C15H16N6OS/c1-11-18-15(20-19-11)23-10-14(22)17-9-13-16-7-8-21(13)12-5-3-2-4-6-12/h2-8H,9-10H2,1H3,(H,17,22)(H,18,19,20). The van der Waals surface area contributed by atoms with Crippen molar-refractivity contribution in [3.05, 3.63) is 54.4 Å². The minimum Gasteiger partial charge on any atom is -0.348 e. The number of nitrogens with zero attached hydrogens (tertiary/aromatic N) is 4. The highest BCUT2D eigenvalue weighted by Crippen LogP contribution is 2.12. The van der Waals surface area contributed by atoms with Crippen molar-refractivity contribution in [3.63, 3.8) is 0 Å². The number of para-hydroxylation sites is 1. The Morgan fingerprint density at radius 3 is 2.91 bits per heavy atom. The Labute approximate surface area is 137 Å². The fourth-order valence-corrected chi connectivity index (χ4v) is 2.71. The average molecular weight is 328 g/mol. The van der Waals surface area contributed by atoms with Crippen LogP contribution in [0.5, 0.6) is 0 Å².